The third kappa shape index (κ3) is 2.92. The van der Waals surface area contributed by atoms with Crippen molar-refractivity contribution in [2.45, 2.75) is 50.1 Å². The molecule has 1 N–H and O–H groups in total. The summed E-state index contributed by atoms with van der Waals surface area (Å²) >= 11 is 0. The third-order valence-corrected chi connectivity index (χ3v) is 4.68. The lowest BCUT2D eigenvalue weighted by Gasteiger charge is -2.10. The summed E-state index contributed by atoms with van der Waals surface area (Å²) < 4.78 is 28.1. The Morgan fingerprint density at radius 1 is 1.53 bits per heavy atom. The van der Waals surface area contributed by atoms with Crippen molar-refractivity contribution in [3.05, 3.63) is 16.3 Å². The van der Waals surface area contributed by atoms with Gasteiger partial charge in [-0.25, -0.2) is 13.1 Å². The van der Waals surface area contributed by atoms with E-state index >= 15 is 0 Å². The first-order valence-corrected chi connectivity index (χ1v) is 7.66. The minimum Gasteiger partial charge on any atom is -0.358 e. The highest BCUT2D eigenvalue weighted by atomic mass is 32.2. The Hall–Kier alpha value is -1.48. The standard InChI is InChI=1S/C10H16N4O4S/c1-2-13-7-9(10(11-13)14(15)16)19(17,18)12-8-5-3-4-6-8/h7-8,12H,2-6H2,1H3. The predicted molar refractivity (Wildman–Crippen MR) is 67.1 cm³/mol. The molecule has 1 aliphatic rings. The molecule has 1 aromatic rings. The van der Waals surface area contributed by atoms with E-state index in [1.165, 1.54) is 10.9 Å². The fraction of sp³-hybridized carbons (Fsp3) is 0.700. The molecule has 0 amide bonds. The molecule has 0 unspecified atom stereocenters. The van der Waals surface area contributed by atoms with Crippen LogP contribution in [0.5, 0.6) is 0 Å². The van der Waals surface area contributed by atoms with Gasteiger partial charge in [-0.1, -0.05) is 12.8 Å². The van der Waals surface area contributed by atoms with Crippen LogP contribution in [0.25, 0.3) is 0 Å². The summed E-state index contributed by atoms with van der Waals surface area (Å²) in [7, 11) is -3.88. The van der Waals surface area contributed by atoms with Crippen molar-refractivity contribution in [2.75, 3.05) is 0 Å². The van der Waals surface area contributed by atoms with Crippen LogP contribution in [0.4, 0.5) is 5.82 Å². The van der Waals surface area contributed by atoms with Crippen LogP contribution < -0.4 is 4.72 Å². The fourth-order valence-electron chi connectivity index (χ4n) is 2.20. The molecule has 2 rings (SSSR count). The molecule has 1 fully saturated rings. The number of aryl methyl sites for hydroxylation is 1. The Balaban J connectivity index is 2.33. The van der Waals surface area contributed by atoms with Gasteiger partial charge in [-0.05, 0) is 24.7 Å². The molecule has 19 heavy (non-hydrogen) atoms. The van der Waals surface area contributed by atoms with Crippen molar-refractivity contribution >= 4 is 15.8 Å². The normalized spacial score (nSPS) is 16.9. The van der Waals surface area contributed by atoms with Crippen molar-refractivity contribution in [3.63, 3.8) is 0 Å². The molecule has 1 heterocycles. The van der Waals surface area contributed by atoms with Crippen LogP contribution in [-0.2, 0) is 16.6 Å². The minimum atomic E-state index is -3.88. The van der Waals surface area contributed by atoms with Crippen LogP contribution in [-0.4, -0.2) is 29.2 Å². The van der Waals surface area contributed by atoms with E-state index in [0.717, 1.165) is 25.7 Å². The monoisotopic (exact) mass is 288 g/mol. The second-order valence-electron chi connectivity index (χ2n) is 4.53. The smallest absolute Gasteiger partial charge is 0.358 e. The van der Waals surface area contributed by atoms with Crippen molar-refractivity contribution in [1.82, 2.24) is 14.5 Å². The van der Waals surface area contributed by atoms with E-state index in [4.69, 9.17) is 0 Å². The van der Waals surface area contributed by atoms with Crippen LogP contribution >= 0.6 is 0 Å². The highest BCUT2D eigenvalue weighted by Gasteiger charge is 2.33. The number of aromatic nitrogens is 2. The summed E-state index contributed by atoms with van der Waals surface area (Å²) in [6.07, 6.45) is 4.70. The molecule has 0 atom stereocenters. The molecule has 0 bridgehead atoms. The van der Waals surface area contributed by atoms with Gasteiger partial charge in [0.1, 0.15) is 0 Å². The summed E-state index contributed by atoms with van der Waals surface area (Å²) in [6, 6.07) is -0.130. The van der Waals surface area contributed by atoms with Gasteiger partial charge in [0.15, 0.2) is 0 Å². The van der Waals surface area contributed by atoms with Crippen LogP contribution in [0.3, 0.4) is 0 Å². The van der Waals surface area contributed by atoms with Gasteiger partial charge in [0, 0.05) is 6.04 Å². The molecule has 1 aromatic heterocycles. The van der Waals surface area contributed by atoms with Crippen LogP contribution in [0.1, 0.15) is 32.6 Å². The zero-order valence-corrected chi connectivity index (χ0v) is 11.4. The zero-order valence-electron chi connectivity index (χ0n) is 10.6. The third-order valence-electron chi connectivity index (χ3n) is 3.17. The number of nitrogens with one attached hydrogen (secondary N) is 1. The van der Waals surface area contributed by atoms with E-state index in [1.54, 1.807) is 6.92 Å². The van der Waals surface area contributed by atoms with Gasteiger partial charge >= 0.3 is 5.82 Å². The number of hydrogen-bond acceptors (Lipinski definition) is 5. The summed E-state index contributed by atoms with van der Waals surface area (Å²) in [5.41, 5.74) is 0. The SMILES string of the molecule is CCn1cc(S(=O)(=O)NC2CCCC2)c([N+](=O)[O-])n1. The molecule has 0 aliphatic heterocycles. The van der Waals surface area contributed by atoms with Gasteiger partial charge in [0.05, 0.1) is 17.8 Å². The van der Waals surface area contributed by atoms with E-state index in [0.29, 0.717) is 6.54 Å². The van der Waals surface area contributed by atoms with Gasteiger partial charge in [-0.2, -0.15) is 4.68 Å². The second kappa shape index (κ2) is 5.25. The molecule has 0 saturated heterocycles. The van der Waals surface area contributed by atoms with E-state index in [2.05, 4.69) is 9.82 Å². The molecule has 9 heteroatoms. The fourth-order valence-corrected chi connectivity index (χ4v) is 3.62. The first-order valence-electron chi connectivity index (χ1n) is 6.18. The van der Waals surface area contributed by atoms with E-state index in [9.17, 15) is 18.5 Å². The average Bonchev–Trinajstić information content (AvgIpc) is 2.96. The van der Waals surface area contributed by atoms with Crippen molar-refractivity contribution < 1.29 is 13.3 Å². The van der Waals surface area contributed by atoms with Crippen LogP contribution in [0.2, 0.25) is 0 Å². The van der Waals surface area contributed by atoms with E-state index < -0.39 is 20.8 Å². The largest absolute Gasteiger partial charge is 0.410 e. The summed E-state index contributed by atoms with van der Waals surface area (Å²) in [4.78, 5) is 9.75. The van der Waals surface area contributed by atoms with Crippen molar-refractivity contribution in [3.8, 4) is 0 Å². The average molecular weight is 288 g/mol. The van der Waals surface area contributed by atoms with Crippen LogP contribution in [0.15, 0.2) is 11.1 Å². The zero-order chi connectivity index (χ0) is 14.0. The minimum absolute atomic E-state index is 0.130. The Morgan fingerprint density at radius 2 is 2.16 bits per heavy atom. The molecular formula is C10H16N4O4S. The summed E-state index contributed by atoms with van der Waals surface area (Å²) in [5, 5.41) is 14.5. The van der Waals surface area contributed by atoms with Gasteiger partial charge in [-0.15, -0.1) is 0 Å². The van der Waals surface area contributed by atoms with Gasteiger partial charge < -0.3 is 10.1 Å². The molecule has 0 aromatic carbocycles. The highest BCUT2D eigenvalue weighted by Crippen LogP contribution is 2.24. The Bertz CT molecular complexity index is 574. The Morgan fingerprint density at radius 3 is 2.68 bits per heavy atom. The lowest BCUT2D eigenvalue weighted by molar-refractivity contribution is -0.392. The second-order valence-corrected chi connectivity index (χ2v) is 6.21. The predicted octanol–water partition coefficient (Wildman–Crippen LogP) is 1.03. The van der Waals surface area contributed by atoms with E-state index in [-0.39, 0.29) is 10.9 Å². The quantitative estimate of drug-likeness (QED) is 0.643. The maximum atomic E-state index is 12.2. The lowest BCUT2D eigenvalue weighted by Crippen LogP contribution is -2.32. The molecular weight excluding hydrogens is 272 g/mol. The number of rotatable bonds is 5. The Kier molecular flexibility index (Phi) is 3.85. The highest BCUT2D eigenvalue weighted by molar-refractivity contribution is 7.89. The summed E-state index contributed by atoms with van der Waals surface area (Å²) in [5.74, 6) is -0.618. The number of nitrogens with zero attached hydrogens (tertiary/aromatic N) is 3. The van der Waals surface area contributed by atoms with Crippen LogP contribution in [0, 0.1) is 10.1 Å². The first-order chi connectivity index (χ1) is 8.94. The lowest BCUT2D eigenvalue weighted by atomic mass is 10.3. The van der Waals surface area contributed by atoms with Crippen molar-refractivity contribution in [2.24, 2.45) is 0 Å². The summed E-state index contributed by atoms with van der Waals surface area (Å²) in [6.45, 7) is 2.11. The molecule has 8 nitrogen and oxygen atoms in total. The first kappa shape index (κ1) is 13.9. The molecule has 106 valence electrons. The van der Waals surface area contributed by atoms with Gasteiger partial charge in [0.25, 0.3) is 10.0 Å². The number of hydrogen-bond donors (Lipinski definition) is 1. The Labute approximate surface area is 111 Å². The van der Waals surface area contributed by atoms with Crippen molar-refractivity contribution in [1.29, 1.82) is 0 Å². The van der Waals surface area contributed by atoms with Gasteiger partial charge in [0.2, 0.25) is 4.90 Å². The molecule has 1 aliphatic carbocycles. The molecule has 0 radical (unpaired) electrons. The van der Waals surface area contributed by atoms with Gasteiger partial charge in [-0.3, -0.25) is 0 Å². The molecule has 0 spiro atoms. The maximum Gasteiger partial charge on any atom is 0.410 e. The van der Waals surface area contributed by atoms with E-state index in [1.807, 2.05) is 0 Å². The molecule has 1 saturated carbocycles. The maximum absolute atomic E-state index is 12.2. The number of nitro groups is 1. The number of sulfonamides is 1. The topological polar surface area (TPSA) is 107 Å².